The van der Waals surface area contributed by atoms with Crippen LogP contribution in [0, 0.1) is 5.82 Å². The topological polar surface area (TPSA) is 41.1 Å². The van der Waals surface area contributed by atoms with Gasteiger partial charge in [-0.05, 0) is 23.3 Å². The van der Waals surface area contributed by atoms with Crippen molar-refractivity contribution in [3.63, 3.8) is 0 Å². The first kappa shape index (κ1) is 16.4. The highest BCUT2D eigenvalue weighted by atomic mass is 32.2. The van der Waals surface area contributed by atoms with Crippen molar-refractivity contribution >= 4 is 17.8 Å². The lowest BCUT2D eigenvalue weighted by atomic mass is 10.2. The van der Waals surface area contributed by atoms with Crippen LogP contribution >= 0.6 is 11.8 Å². The average Bonchev–Trinajstić information content (AvgIpc) is 2.55. The summed E-state index contributed by atoms with van der Waals surface area (Å²) in [6, 6.07) is 16.1. The monoisotopic (exact) mass is 318 g/mol. The Balaban J connectivity index is 1.55. The van der Waals surface area contributed by atoms with Gasteiger partial charge in [-0.3, -0.25) is 0 Å². The predicted molar refractivity (Wildman–Crippen MR) is 89.2 cm³/mol. The Labute approximate surface area is 134 Å². The molecule has 2 rings (SSSR count). The number of carbonyl (C=O) groups excluding carboxylic acids is 1. The zero-order chi connectivity index (χ0) is 15.6. The fourth-order valence-corrected chi connectivity index (χ4v) is 2.67. The molecule has 0 bridgehead atoms. The zero-order valence-electron chi connectivity index (χ0n) is 12.2. The molecule has 0 aliphatic carbocycles. The fraction of sp³-hybridized carbons (Fsp3) is 0.235. The first-order valence-corrected chi connectivity index (χ1v) is 8.27. The smallest absolute Gasteiger partial charge is 0.315 e. The largest absolute Gasteiger partial charge is 0.337 e. The first-order valence-electron chi connectivity index (χ1n) is 7.12. The van der Waals surface area contributed by atoms with Crippen LogP contribution in [0.4, 0.5) is 9.18 Å². The third-order valence-corrected chi connectivity index (χ3v) is 4.04. The SMILES string of the molecule is O=C(NCCSCc1ccccc1)NCc1ccc(F)cc1. The summed E-state index contributed by atoms with van der Waals surface area (Å²) in [7, 11) is 0. The summed E-state index contributed by atoms with van der Waals surface area (Å²) in [5, 5.41) is 5.55. The molecule has 0 saturated heterocycles. The second-order valence-corrected chi connectivity index (χ2v) is 5.88. The minimum Gasteiger partial charge on any atom is -0.337 e. The third-order valence-electron chi connectivity index (χ3n) is 3.01. The van der Waals surface area contributed by atoms with Gasteiger partial charge in [-0.2, -0.15) is 11.8 Å². The van der Waals surface area contributed by atoms with Crippen LogP contribution in [-0.4, -0.2) is 18.3 Å². The van der Waals surface area contributed by atoms with Crippen LogP contribution in [-0.2, 0) is 12.3 Å². The van der Waals surface area contributed by atoms with Crippen molar-refractivity contribution in [2.24, 2.45) is 0 Å². The van der Waals surface area contributed by atoms with Crippen LogP contribution in [0.15, 0.2) is 54.6 Å². The molecule has 116 valence electrons. The zero-order valence-corrected chi connectivity index (χ0v) is 13.0. The van der Waals surface area contributed by atoms with Gasteiger partial charge in [0.05, 0.1) is 0 Å². The first-order chi connectivity index (χ1) is 10.7. The lowest BCUT2D eigenvalue weighted by Gasteiger charge is -2.07. The van der Waals surface area contributed by atoms with Gasteiger partial charge in [0, 0.05) is 24.6 Å². The summed E-state index contributed by atoms with van der Waals surface area (Å²) in [5.74, 6) is 1.53. The molecule has 5 heteroatoms. The Hall–Kier alpha value is -2.01. The quantitative estimate of drug-likeness (QED) is 0.767. The Morgan fingerprint density at radius 3 is 2.41 bits per heavy atom. The number of nitrogens with one attached hydrogen (secondary N) is 2. The molecular formula is C17H19FN2OS. The molecule has 3 nitrogen and oxygen atoms in total. The maximum atomic E-state index is 12.7. The van der Waals surface area contributed by atoms with Gasteiger partial charge in [0.1, 0.15) is 5.82 Å². The van der Waals surface area contributed by atoms with Crippen LogP contribution in [0.3, 0.4) is 0 Å². The highest BCUT2D eigenvalue weighted by Crippen LogP contribution is 2.10. The number of hydrogen-bond acceptors (Lipinski definition) is 2. The van der Waals surface area contributed by atoms with Crippen molar-refractivity contribution in [3.05, 3.63) is 71.5 Å². The standard InChI is InChI=1S/C17H19FN2OS/c18-16-8-6-14(7-9-16)12-20-17(21)19-10-11-22-13-15-4-2-1-3-5-15/h1-9H,10-13H2,(H2,19,20,21). The second kappa shape index (κ2) is 9.10. The van der Waals surface area contributed by atoms with E-state index >= 15 is 0 Å². The minimum absolute atomic E-state index is 0.204. The molecule has 22 heavy (non-hydrogen) atoms. The summed E-state index contributed by atoms with van der Waals surface area (Å²) in [6.07, 6.45) is 0. The van der Waals surface area contributed by atoms with E-state index in [1.807, 2.05) is 18.2 Å². The van der Waals surface area contributed by atoms with Gasteiger partial charge in [-0.25, -0.2) is 9.18 Å². The number of amides is 2. The van der Waals surface area contributed by atoms with Crippen LogP contribution in [0.5, 0.6) is 0 Å². The Bertz CT molecular complexity index is 575. The molecule has 0 heterocycles. The van der Waals surface area contributed by atoms with E-state index in [0.717, 1.165) is 17.1 Å². The number of halogens is 1. The molecule has 0 spiro atoms. The summed E-state index contributed by atoms with van der Waals surface area (Å²) >= 11 is 1.78. The van der Waals surface area contributed by atoms with Crippen LogP contribution < -0.4 is 10.6 Å². The highest BCUT2D eigenvalue weighted by Gasteiger charge is 2.00. The van der Waals surface area contributed by atoms with E-state index in [1.165, 1.54) is 17.7 Å². The summed E-state index contributed by atoms with van der Waals surface area (Å²) in [6.45, 7) is 1.01. The van der Waals surface area contributed by atoms with Crippen molar-refractivity contribution in [1.82, 2.24) is 10.6 Å². The maximum Gasteiger partial charge on any atom is 0.315 e. The second-order valence-electron chi connectivity index (χ2n) is 4.77. The summed E-state index contributed by atoms with van der Waals surface area (Å²) in [4.78, 5) is 11.6. The van der Waals surface area contributed by atoms with Gasteiger partial charge in [-0.1, -0.05) is 42.5 Å². The van der Waals surface area contributed by atoms with Crippen LogP contribution in [0.25, 0.3) is 0 Å². The number of rotatable bonds is 7. The molecule has 0 unspecified atom stereocenters. The van der Waals surface area contributed by atoms with Crippen molar-refractivity contribution in [3.8, 4) is 0 Å². The van der Waals surface area contributed by atoms with Gasteiger partial charge in [-0.15, -0.1) is 0 Å². The lowest BCUT2D eigenvalue weighted by Crippen LogP contribution is -2.36. The van der Waals surface area contributed by atoms with Crippen molar-refractivity contribution in [2.45, 2.75) is 12.3 Å². The molecule has 0 radical (unpaired) electrons. The molecule has 2 amide bonds. The van der Waals surface area contributed by atoms with Gasteiger partial charge in [0.2, 0.25) is 0 Å². The van der Waals surface area contributed by atoms with Crippen LogP contribution in [0.2, 0.25) is 0 Å². The van der Waals surface area contributed by atoms with E-state index in [4.69, 9.17) is 0 Å². The van der Waals surface area contributed by atoms with Crippen molar-refractivity contribution in [2.75, 3.05) is 12.3 Å². The Morgan fingerprint density at radius 1 is 0.955 bits per heavy atom. The third kappa shape index (κ3) is 6.18. The van der Waals surface area contributed by atoms with E-state index < -0.39 is 0 Å². The van der Waals surface area contributed by atoms with Gasteiger partial charge in [0.25, 0.3) is 0 Å². The van der Waals surface area contributed by atoms with E-state index in [0.29, 0.717) is 13.1 Å². The number of hydrogen-bond donors (Lipinski definition) is 2. The lowest BCUT2D eigenvalue weighted by molar-refractivity contribution is 0.241. The van der Waals surface area contributed by atoms with E-state index in [2.05, 4.69) is 22.8 Å². The van der Waals surface area contributed by atoms with E-state index in [-0.39, 0.29) is 11.8 Å². The molecule has 2 aromatic carbocycles. The maximum absolute atomic E-state index is 12.7. The van der Waals surface area contributed by atoms with Gasteiger partial charge in [0.15, 0.2) is 0 Å². The van der Waals surface area contributed by atoms with Crippen LogP contribution in [0.1, 0.15) is 11.1 Å². The molecule has 0 saturated carbocycles. The molecule has 2 N–H and O–H groups in total. The molecule has 0 atom stereocenters. The molecule has 2 aromatic rings. The Morgan fingerprint density at radius 2 is 1.68 bits per heavy atom. The van der Waals surface area contributed by atoms with E-state index in [9.17, 15) is 9.18 Å². The number of thioether (sulfide) groups is 1. The minimum atomic E-state index is -0.274. The summed E-state index contributed by atoms with van der Waals surface area (Å²) in [5.41, 5.74) is 2.16. The van der Waals surface area contributed by atoms with Gasteiger partial charge < -0.3 is 10.6 Å². The predicted octanol–water partition coefficient (Wildman–Crippen LogP) is 3.56. The average molecular weight is 318 g/mol. The molecule has 0 aliphatic heterocycles. The fourth-order valence-electron chi connectivity index (χ4n) is 1.85. The number of urea groups is 1. The summed E-state index contributed by atoms with van der Waals surface area (Å²) < 4.78 is 12.7. The van der Waals surface area contributed by atoms with Crippen molar-refractivity contribution in [1.29, 1.82) is 0 Å². The molecule has 0 aliphatic rings. The molecule has 0 fully saturated rings. The molecular weight excluding hydrogens is 299 g/mol. The van der Waals surface area contributed by atoms with Gasteiger partial charge >= 0.3 is 6.03 Å². The normalized spacial score (nSPS) is 10.2. The van der Waals surface area contributed by atoms with Crippen molar-refractivity contribution < 1.29 is 9.18 Å². The number of benzene rings is 2. The highest BCUT2D eigenvalue weighted by molar-refractivity contribution is 7.98. The Kier molecular flexibility index (Phi) is 6.77. The number of carbonyl (C=O) groups is 1. The molecule has 0 aromatic heterocycles. The van der Waals surface area contributed by atoms with E-state index in [1.54, 1.807) is 23.9 Å².